The first kappa shape index (κ1) is 13.9. The first-order valence-electron chi connectivity index (χ1n) is 5.38. The molecule has 5 heteroatoms. The number of halogens is 2. The van der Waals surface area contributed by atoms with Crippen LogP contribution in [-0.2, 0) is 11.3 Å². The van der Waals surface area contributed by atoms with Crippen molar-refractivity contribution in [3.05, 3.63) is 34.6 Å². The summed E-state index contributed by atoms with van der Waals surface area (Å²) in [6.07, 6.45) is 0.581. The van der Waals surface area contributed by atoms with Gasteiger partial charge in [0.1, 0.15) is 5.82 Å². The van der Waals surface area contributed by atoms with Crippen LogP contribution >= 0.6 is 11.6 Å². The molecule has 0 saturated carbocycles. The Morgan fingerprint density at radius 1 is 1.59 bits per heavy atom. The maximum atomic E-state index is 12.9. The molecule has 0 spiro atoms. The van der Waals surface area contributed by atoms with Gasteiger partial charge in [-0.05, 0) is 31.0 Å². The highest BCUT2D eigenvalue weighted by molar-refractivity contribution is 6.30. The monoisotopic (exact) mass is 258 g/mol. The van der Waals surface area contributed by atoms with Crippen LogP contribution in [0.3, 0.4) is 0 Å². The molecule has 0 heterocycles. The molecule has 17 heavy (non-hydrogen) atoms. The van der Waals surface area contributed by atoms with Crippen molar-refractivity contribution in [1.82, 2.24) is 5.32 Å². The minimum Gasteiger partial charge on any atom is -0.368 e. The van der Waals surface area contributed by atoms with E-state index in [9.17, 15) is 9.18 Å². The second-order valence-electron chi connectivity index (χ2n) is 4.15. The van der Waals surface area contributed by atoms with E-state index in [1.807, 2.05) is 6.92 Å². The smallest absolute Gasteiger partial charge is 0.237 e. The van der Waals surface area contributed by atoms with Crippen LogP contribution in [0.4, 0.5) is 4.39 Å². The molecule has 94 valence electrons. The number of carbonyl (C=O) groups is 1. The van der Waals surface area contributed by atoms with E-state index in [0.717, 1.165) is 5.56 Å². The average molecular weight is 259 g/mol. The van der Waals surface area contributed by atoms with Gasteiger partial charge < -0.3 is 5.73 Å². The van der Waals surface area contributed by atoms with Crippen molar-refractivity contribution >= 4 is 17.5 Å². The molecule has 0 bridgehead atoms. The number of rotatable bonds is 5. The molecule has 0 aliphatic carbocycles. The summed E-state index contributed by atoms with van der Waals surface area (Å²) in [6.45, 7) is 4.02. The lowest BCUT2D eigenvalue weighted by atomic mass is 9.97. The number of hydrogen-bond donors (Lipinski definition) is 2. The molecular weight excluding hydrogens is 243 g/mol. The van der Waals surface area contributed by atoms with Gasteiger partial charge in [-0.1, -0.05) is 24.6 Å². The predicted octanol–water partition coefficient (Wildman–Crippen LogP) is 2.22. The molecule has 0 saturated heterocycles. The van der Waals surface area contributed by atoms with E-state index in [4.69, 9.17) is 17.3 Å². The van der Waals surface area contributed by atoms with E-state index in [-0.39, 0.29) is 5.02 Å². The van der Waals surface area contributed by atoms with Gasteiger partial charge in [0.15, 0.2) is 0 Å². The zero-order chi connectivity index (χ0) is 13.1. The van der Waals surface area contributed by atoms with Crippen molar-refractivity contribution in [2.75, 3.05) is 0 Å². The Kier molecular flexibility index (Phi) is 4.48. The van der Waals surface area contributed by atoms with Gasteiger partial charge in [-0.15, -0.1) is 0 Å². The highest BCUT2D eigenvalue weighted by atomic mass is 35.5. The van der Waals surface area contributed by atoms with E-state index in [1.54, 1.807) is 13.0 Å². The highest BCUT2D eigenvalue weighted by Crippen LogP contribution is 2.17. The summed E-state index contributed by atoms with van der Waals surface area (Å²) in [7, 11) is 0. The summed E-state index contributed by atoms with van der Waals surface area (Å²) >= 11 is 5.67. The first-order valence-corrected chi connectivity index (χ1v) is 5.75. The van der Waals surface area contributed by atoms with Crippen LogP contribution in [0.2, 0.25) is 5.02 Å². The Morgan fingerprint density at radius 3 is 2.71 bits per heavy atom. The third-order valence-electron chi connectivity index (χ3n) is 2.92. The van der Waals surface area contributed by atoms with Crippen molar-refractivity contribution < 1.29 is 9.18 Å². The van der Waals surface area contributed by atoms with E-state index < -0.39 is 17.3 Å². The van der Waals surface area contributed by atoms with Crippen LogP contribution in [0.15, 0.2) is 18.2 Å². The van der Waals surface area contributed by atoms with Gasteiger partial charge in [0.05, 0.1) is 10.6 Å². The minimum absolute atomic E-state index is 0.0709. The third-order valence-corrected chi connectivity index (χ3v) is 3.21. The summed E-state index contributed by atoms with van der Waals surface area (Å²) < 4.78 is 12.9. The summed E-state index contributed by atoms with van der Waals surface area (Å²) in [4.78, 5) is 11.3. The van der Waals surface area contributed by atoms with Crippen LogP contribution in [0.1, 0.15) is 25.8 Å². The van der Waals surface area contributed by atoms with Crippen LogP contribution in [0.25, 0.3) is 0 Å². The molecular formula is C12H16ClFN2O. The predicted molar refractivity (Wildman–Crippen MR) is 66.1 cm³/mol. The number of nitrogens with one attached hydrogen (secondary N) is 1. The topological polar surface area (TPSA) is 55.1 Å². The molecule has 0 fully saturated rings. The lowest BCUT2D eigenvalue weighted by Crippen LogP contribution is -2.52. The normalized spacial score (nSPS) is 14.4. The summed E-state index contributed by atoms with van der Waals surface area (Å²) in [5.41, 5.74) is 5.35. The Morgan fingerprint density at radius 2 is 2.24 bits per heavy atom. The molecule has 1 amide bonds. The highest BCUT2D eigenvalue weighted by Gasteiger charge is 2.27. The van der Waals surface area contributed by atoms with Crippen LogP contribution in [0.5, 0.6) is 0 Å². The Hall–Kier alpha value is -1.13. The largest absolute Gasteiger partial charge is 0.368 e. The molecule has 1 aromatic rings. The maximum absolute atomic E-state index is 12.9. The van der Waals surface area contributed by atoms with Gasteiger partial charge in [-0.3, -0.25) is 10.1 Å². The quantitative estimate of drug-likeness (QED) is 0.851. The Bertz CT molecular complexity index is 425. The standard InChI is InChI=1S/C12H16ClFN2O/c1-3-12(2,11(15)17)16-7-8-4-5-10(14)9(13)6-8/h4-6,16H,3,7H2,1-2H3,(H2,15,17)/t12-/m0/s1. The first-order chi connectivity index (χ1) is 7.89. The van der Waals surface area contributed by atoms with E-state index in [1.165, 1.54) is 12.1 Å². The van der Waals surface area contributed by atoms with E-state index in [0.29, 0.717) is 13.0 Å². The maximum Gasteiger partial charge on any atom is 0.237 e. The molecule has 3 N–H and O–H groups in total. The number of carbonyl (C=O) groups excluding carboxylic acids is 1. The van der Waals surface area contributed by atoms with Gasteiger partial charge in [-0.2, -0.15) is 0 Å². The zero-order valence-corrected chi connectivity index (χ0v) is 10.6. The van der Waals surface area contributed by atoms with Gasteiger partial charge in [0, 0.05) is 6.54 Å². The number of nitrogens with two attached hydrogens (primary N) is 1. The lowest BCUT2D eigenvalue weighted by molar-refractivity contribution is -0.124. The van der Waals surface area contributed by atoms with E-state index in [2.05, 4.69) is 5.32 Å². The fourth-order valence-electron chi connectivity index (χ4n) is 1.33. The van der Waals surface area contributed by atoms with Crippen LogP contribution < -0.4 is 11.1 Å². The summed E-state index contributed by atoms with van der Waals surface area (Å²) in [5, 5.41) is 3.12. The molecule has 1 aromatic carbocycles. The molecule has 1 rings (SSSR count). The van der Waals surface area contributed by atoms with Crippen molar-refractivity contribution in [2.24, 2.45) is 5.73 Å². The van der Waals surface area contributed by atoms with Gasteiger partial charge in [-0.25, -0.2) is 4.39 Å². The van der Waals surface area contributed by atoms with Crippen molar-refractivity contribution in [3.8, 4) is 0 Å². The lowest BCUT2D eigenvalue weighted by Gasteiger charge is -2.26. The molecule has 3 nitrogen and oxygen atoms in total. The minimum atomic E-state index is -0.763. The molecule has 0 aliphatic heterocycles. The zero-order valence-electron chi connectivity index (χ0n) is 9.89. The number of primary amides is 1. The molecule has 0 aliphatic rings. The van der Waals surface area contributed by atoms with Gasteiger partial charge in [0.25, 0.3) is 0 Å². The van der Waals surface area contributed by atoms with Crippen molar-refractivity contribution in [1.29, 1.82) is 0 Å². The summed E-state index contributed by atoms with van der Waals surface area (Å²) in [5.74, 6) is -0.864. The Balaban J connectivity index is 2.73. The SMILES string of the molecule is CC[C@](C)(NCc1ccc(F)c(Cl)c1)C(N)=O. The molecule has 0 aromatic heterocycles. The molecule has 0 unspecified atom stereocenters. The van der Waals surface area contributed by atoms with Crippen LogP contribution in [-0.4, -0.2) is 11.4 Å². The molecule has 1 atom stereocenters. The van der Waals surface area contributed by atoms with Crippen molar-refractivity contribution in [3.63, 3.8) is 0 Å². The number of hydrogen-bond acceptors (Lipinski definition) is 2. The second kappa shape index (κ2) is 5.47. The average Bonchev–Trinajstić information content (AvgIpc) is 2.30. The second-order valence-corrected chi connectivity index (χ2v) is 4.56. The fourth-order valence-corrected chi connectivity index (χ4v) is 1.54. The third kappa shape index (κ3) is 3.41. The summed E-state index contributed by atoms with van der Waals surface area (Å²) in [6, 6.07) is 4.44. The van der Waals surface area contributed by atoms with E-state index >= 15 is 0 Å². The molecule has 0 radical (unpaired) electrons. The van der Waals surface area contributed by atoms with Crippen molar-refractivity contribution in [2.45, 2.75) is 32.4 Å². The number of benzene rings is 1. The number of amides is 1. The Labute approximate surface area is 105 Å². The fraction of sp³-hybridized carbons (Fsp3) is 0.417. The van der Waals surface area contributed by atoms with Gasteiger partial charge in [0.2, 0.25) is 5.91 Å². The van der Waals surface area contributed by atoms with Crippen LogP contribution in [0, 0.1) is 5.82 Å². The van der Waals surface area contributed by atoms with Gasteiger partial charge >= 0.3 is 0 Å².